The predicted octanol–water partition coefficient (Wildman–Crippen LogP) is 3.70. The smallest absolute Gasteiger partial charge is 0.251 e. The second kappa shape index (κ2) is 10.3. The number of halogens is 1. The fraction of sp³-hybridized carbons (Fsp3) is 0.231. The van der Waals surface area contributed by atoms with E-state index in [1.165, 1.54) is 28.6 Å². The molecule has 1 aliphatic heterocycles. The van der Waals surface area contributed by atoms with E-state index in [1.807, 2.05) is 11.8 Å². The van der Waals surface area contributed by atoms with Crippen molar-refractivity contribution in [1.82, 2.24) is 9.62 Å². The van der Waals surface area contributed by atoms with Crippen LogP contribution >= 0.6 is 0 Å². The minimum absolute atomic E-state index is 0.0615. The number of benzene rings is 3. The third kappa shape index (κ3) is 5.50. The number of amides is 1. The lowest BCUT2D eigenvalue weighted by molar-refractivity contribution is 0.0939. The largest absolute Gasteiger partial charge is 0.369 e. The number of hydrogen-bond acceptors (Lipinski definition) is 5. The van der Waals surface area contributed by atoms with Gasteiger partial charge in [0, 0.05) is 37.4 Å². The highest BCUT2D eigenvalue weighted by atomic mass is 32.2. The molecule has 180 valence electrons. The monoisotopic (exact) mass is 492 g/mol. The molecular weight excluding hydrogens is 467 g/mol. The molecule has 0 aromatic heterocycles. The topological polar surface area (TPSA) is 93.5 Å². The second-order valence-corrected chi connectivity index (χ2v) is 10.3. The number of hydrogen-bond donors (Lipinski definition) is 1. The number of nitrogens with one attached hydrogen (secondary N) is 1. The van der Waals surface area contributed by atoms with E-state index >= 15 is 0 Å². The van der Waals surface area contributed by atoms with Gasteiger partial charge in [0.15, 0.2) is 0 Å². The van der Waals surface area contributed by atoms with E-state index in [2.05, 4.69) is 11.4 Å². The number of nitrogens with zero attached hydrogens (tertiary/aromatic N) is 3. The summed E-state index contributed by atoms with van der Waals surface area (Å²) in [5.74, 6) is -0.704. The van der Waals surface area contributed by atoms with Crippen molar-refractivity contribution in [3.8, 4) is 6.07 Å². The molecule has 1 fully saturated rings. The van der Waals surface area contributed by atoms with Gasteiger partial charge < -0.3 is 10.2 Å². The molecule has 1 aliphatic rings. The maximum Gasteiger partial charge on any atom is 0.251 e. The van der Waals surface area contributed by atoms with Crippen LogP contribution in [-0.2, 0) is 10.0 Å². The summed E-state index contributed by atoms with van der Waals surface area (Å²) in [7, 11) is -3.78. The highest BCUT2D eigenvalue weighted by Gasteiger charge is 2.29. The summed E-state index contributed by atoms with van der Waals surface area (Å²) in [5, 5.41) is 11.8. The summed E-state index contributed by atoms with van der Waals surface area (Å²) in [6.45, 7) is 3.35. The van der Waals surface area contributed by atoms with Crippen LogP contribution in [0.4, 0.5) is 10.1 Å². The zero-order valence-electron chi connectivity index (χ0n) is 19.2. The van der Waals surface area contributed by atoms with Gasteiger partial charge in [-0.25, -0.2) is 12.8 Å². The summed E-state index contributed by atoms with van der Waals surface area (Å²) in [4.78, 5) is 14.9. The molecule has 0 aliphatic carbocycles. The van der Waals surface area contributed by atoms with Gasteiger partial charge in [-0.05, 0) is 67.1 Å². The number of piperazine rings is 1. The van der Waals surface area contributed by atoms with Crippen molar-refractivity contribution in [3.63, 3.8) is 0 Å². The van der Waals surface area contributed by atoms with E-state index in [1.54, 1.807) is 48.5 Å². The van der Waals surface area contributed by atoms with Gasteiger partial charge >= 0.3 is 0 Å². The molecule has 0 spiro atoms. The Morgan fingerprint density at radius 1 is 1.00 bits per heavy atom. The third-order valence-corrected chi connectivity index (χ3v) is 7.95. The number of nitriles is 1. The summed E-state index contributed by atoms with van der Waals surface area (Å²) < 4.78 is 41.1. The Kier molecular flexibility index (Phi) is 7.15. The molecule has 35 heavy (non-hydrogen) atoms. The molecular formula is C26H25FN4O3S. The highest BCUT2D eigenvalue weighted by molar-refractivity contribution is 7.89. The molecule has 3 aromatic carbocycles. The first-order valence-electron chi connectivity index (χ1n) is 11.2. The van der Waals surface area contributed by atoms with Crippen molar-refractivity contribution in [2.45, 2.75) is 17.9 Å². The van der Waals surface area contributed by atoms with Crippen LogP contribution in [0.5, 0.6) is 0 Å². The molecule has 9 heteroatoms. The van der Waals surface area contributed by atoms with Crippen LogP contribution in [0, 0.1) is 17.1 Å². The van der Waals surface area contributed by atoms with Crippen molar-refractivity contribution in [2.24, 2.45) is 0 Å². The van der Waals surface area contributed by atoms with Crippen molar-refractivity contribution in [1.29, 1.82) is 5.26 Å². The number of carbonyl (C=O) groups excluding carboxylic acids is 1. The Bertz CT molecular complexity index is 1340. The quantitative estimate of drug-likeness (QED) is 0.566. The second-order valence-electron chi connectivity index (χ2n) is 8.32. The standard InChI is InChI=1S/C26H25FN4O3S/c1-19(21-7-5-20(18-28)6-8-21)29-26(32)22-3-2-4-25(17-22)35(33,34)31-15-13-30(14-16-31)24-11-9-23(27)10-12-24/h2-12,17,19H,13-16H2,1H3,(H,29,32). The number of carbonyl (C=O) groups is 1. The average Bonchev–Trinajstić information content (AvgIpc) is 2.89. The fourth-order valence-electron chi connectivity index (χ4n) is 4.00. The molecule has 3 aromatic rings. The number of sulfonamides is 1. The van der Waals surface area contributed by atoms with E-state index in [0.29, 0.717) is 18.7 Å². The Morgan fingerprint density at radius 2 is 1.66 bits per heavy atom. The maximum atomic E-state index is 13.3. The van der Waals surface area contributed by atoms with E-state index < -0.39 is 10.0 Å². The van der Waals surface area contributed by atoms with Gasteiger partial charge in [-0.3, -0.25) is 4.79 Å². The highest BCUT2D eigenvalue weighted by Crippen LogP contribution is 2.23. The normalized spacial score (nSPS) is 15.3. The van der Waals surface area contributed by atoms with E-state index in [-0.39, 0.29) is 41.3 Å². The SMILES string of the molecule is CC(NC(=O)c1cccc(S(=O)(=O)N2CCN(c3ccc(F)cc3)CC2)c1)c1ccc(C#N)cc1. The Morgan fingerprint density at radius 3 is 2.29 bits per heavy atom. The molecule has 1 atom stereocenters. The minimum Gasteiger partial charge on any atom is -0.369 e. The third-order valence-electron chi connectivity index (χ3n) is 6.05. The Balaban J connectivity index is 1.43. The summed E-state index contributed by atoms with van der Waals surface area (Å²) in [6, 6.07) is 20.8. The van der Waals surface area contributed by atoms with Crippen LogP contribution in [0.1, 0.15) is 34.5 Å². The molecule has 1 saturated heterocycles. The Hall–Kier alpha value is -3.74. The average molecular weight is 493 g/mol. The summed E-state index contributed by atoms with van der Waals surface area (Å²) in [5.41, 5.74) is 2.46. The molecule has 1 amide bonds. The minimum atomic E-state index is -3.78. The lowest BCUT2D eigenvalue weighted by atomic mass is 10.1. The Labute approximate surface area is 204 Å². The molecule has 0 radical (unpaired) electrons. The molecule has 1 unspecified atom stereocenters. The van der Waals surface area contributed by atoms with Crippen LogP contribution < -0.4 is 10.2 Å². The van der Waals surface area contributed by atoms with Gasteiger partial charge in [0.25, 0.3) is 5.91 Å². The zero-order chi connectivity index (χ0) is 25.0. The van der Waals surface area contributed by atoms with Gasteiger partial charge in [0.2, 0.25) is 10.0 Å². The molecule has 1 N–H and O–H groups in total. The molecule has 7 nitrogen and oxygen atoms in total. The molecule has 0 bridgehead atoms. The van der Waals surface area contributed by atoms with E-state index in [9.17, 15) is 17.6 Å². The first-order valence-corrected chi connectivity index (χ1v) is 12.6. The van der Waals surface area contributed by atoms with Crippen molar-refractivity contribution in [3.05, 3.63) is 95.3 Å². The van der Waals surface area contributed by atoms with Crippen molar-refractivity contribution in [2.75, 3.05) is 31.1 Å². The van der Waals surface area contributed by atoms with Crippen molar-refractivity contribution >= 4 is 21.6 Å². The number of rotatable bonds is 6. The molecule has 1 heterocycles. The lowest BCUT2D eigenvalue weighted by Gasteiger charge is -2.35. The zero-order valence-corrected chi connectivity index (χ0v) is 20.0. The van der Waals surface area contributed by atoms with E-state index in [0.717, 1.165) is 11.3 Å². The summed E-state index contributed by atoms with van der Waals surface area (Å²) >= 11 is 0. The van der Waals surface area contributed by atoms with Gasteiger partial charge in [-0.15, -0.1) is 0 Å². The van der Waals surface area contributed by atoms with Gasteiger partial charge in [0.05, 0.1) is 22.6 Å². The van der Waals surface area contributed by atoms with Crippen LogP contribution in [-0.4, -0.2) is 44.8 Å². The maximum absolute atomic E-state index is 13.3. The van der Waals surface area contributed by atoms with E-state index in [4.69, 9.17) is 5.26 Å². The number of anilines is 1. The van der Waals surface area contributed by atoms with Gasteiger partial charge in [-0.1, -0.05) is 18.2 Å². The lowest BCUT2D eigenvalue weighted by Crippen LogP contribution is -2.48. The molecule has 0 saturated carbocycles. The molecule has 4 rings (SSSR count). The van der Waals surface area contributed by atoms with Crippen LogP contribution in [0.2, 0.25) is 0 Å². The first-order chi connectivity index (χ1) is 16.8. The first kappa shape index (κ1) is 24.4. The van der Waals surface area contributed by atoms with Gasteiger partial charge in [-0.2, -0.15) is 9.57 Å². The van der Waals surface area contributed by atoms with Crippen LogP contribution in [0.15, 0.2) is 77.7 Å². The van der Waals surface area contributed by atoms with Crippen LogP contribution in [0.25, 0.3) is 0 Å². The van der Waals surface area contributed by atoms with Gasteiger partial charge in [0.1, 0.15) is 5.82 Å². The fourth-order valence-corrected chi connectivity index (χ4v) is 5.46. The predicted molar refractivity (Wildman–Crippen MR) is 131 cm³/mol. The van der Waals surface area contributed by atoms with Crippen molar-refractivity contribution < 1.29 is 17.6 Å². The summed E-state index contributed by atoms with van der Waals surface area (Å²) in [6.07, 6.45) is 0. The van der Waals surface area contributed by atoms with Crippen LogP contribution in [0.3, 0.4) is 0 Å².